The molecule has 1 aliphatic heterocycles. The number of nitrogens with zero attached hydrogens (tertiary/aromatic N) is 3. The molecule has 1 aromatic carbocycles. The lowest BCUT2D eigenvalue weighted by Crippen LogP contribution is -2.39. The van der Waals surface area contributed by atoms with Crippen LogP contribution in [0.3, 0.4) is 0 Å². The van der Waals surface area contributed by atoms with Gasteiger partial charge in [-0.25, -0.2) is 13.4 Å². The number of alkyl halides is 3. The molecular weight excluding hydrogens is 361 g/mol. The van der Waals surface area contributed by atoms with Crippen LogP contribution < -0.4 is 4.74 Å². The van der Waals surface area contributed by atoms with E-state index in [-0.39, 0.29) is 23.9 Å². The fourth-order valence-corrected chi connectivity index (χ4v) is 4.34. The van der Waals surface area contributed by atoms with E-state index in [2.05, 4.69) is 19.9 Å². The van der Waals surface area contributed by atoms with Crippen LogP contribution in [0.15, 0.2) is 35.5 Å². The van der Waals surface area contributed by atoms with Gasteiger partial charge in [-0.15, -0.1) is 13.2 Å². The number of piperidine rings is 1. The number of sulfonamides is 1. The summed E-state index contributed by atoms with van der Waals surface area (Å²) in [7, 11) is -3.94. The average molecular weight is 376 g/mol. The number of hydrogen-bond donors (Lipinski definition) is 1. The Labute approximate surface area is 141 Å². The normalized spacial score (nSPS) is 19.7. The first kappa shape index (κ1) is 17.7. The number of benzene rings is 1. The number of H-pyrrole nitrogens is 1. The van der Waals surface area contributed by atoms with Crippen LogP contribution in [-0.4, -0.2) is 47.4 Å². The maximum Gasteiger partial charge on any atom is 0.573 e. The molecule has 0 aliphatic carbocycles. The van der Waals surface area contributed by atoms with Gasteiger partial charge in [-0.3, -0.25) is 5.10 Å². The quantitative estimate of drug-likeness (QED) is 0.884. The van der Waals surface area contributed by atoms with E-state index in [4.69, 9.17) is 0 Å². The lowest BCUT2D eigenvalue weighted by Gasteiger charge is -2.30. The van der Waals surface area contributed by atoms with Crippen molar-refractivity contribution in [3.05, 3.63) is 36.4 Å². The summed E-state index contributed by atoms with van der Waals surface area (Å²) < 4.78 is 67.6. The summed E-state index contributed by atoms with van der Waals surface area (Å²) in [6.07, 6.45) is -2.17. The van der Waals surface area contributed by atoms with Crippen molar-refractivity contribution in [3.63, 3.8) is 0 Å². The molecule has 0 saturated carbocycles. The molecule has 25 heavy (non-hydrogen) atoms. The van der Waals surface area contributed by atoms with E-state index in [1.807, 2.05) is 0 Å². The third-order valence-electron chi connectivity index (χ3n) is 3.88. The molecule has 1 fully saturated rings. The second kappa shape index (κ2) is 6.64. The maximum absolute atomic E-state index is 12.8. The summed E-state index contributed by atoms with van der Waals surface area (Å²) in [5.41, 5.74) is 0. The Hall–Kier alpha value is -2.14. The SMILES string of the molecule is O=S(=O)(c1cccc(OC(F)(F)F)c1)N1CCC[C@H](c2ncn[nH]2)C1. The van der Waals surface area contributed by atoms with Crippen molar-refractivity contribution in [1.82, 2.24) is 19.5 Å². The highest BCUT2D eigenvalue weighted by Gasteiger charge is 2.34. The first-order chi connectivity index (χ1) is 11.8. The van der Waals surface area contributed by atoms with Crippen molar-refractivity contribution >= 4 is 10.0 Å². The molecule has 1 aliphatic rings. The molecule has 136 valence electrons. The van der Waals surface area contributed by atoms with Gasteiger partial charge in [0.15, 0.2) is 0 Å². The largest absolute Gasteiger partial charge is 0.573 e. The predicted molar refractivity (Wildman–Crippen MR) is 80.2 cm³/mol. The molecular formula is C14H15F3N4O3S. The van der Waals surface area contributed by atoms with E-state index >= 15 is 0 Å². The molecule has 3 rings (SSSR count). The van der Waals surface area contributed by atoms with Gasteiger partial charge in [-0.1, -0.05) is 6.07 Å². The minimum absolute atomic E-state index is 0.138. The Kier molecular flexibility index (Phi) is 4.69. The van der Waals surface area contributed by atoms with Gasteiger partial charge in [0.05, 0.1) is 4.90 Å². The maximum atomic E-state index is 12.8. The van der Waals surface area contributed by atoms with Crippen LogP contribution in [0.4, 0.5) is 13.2 Å². The standard InChI is InChI=1S/C14H15F3N4O3S/c15-14(16,17)24-11-4-1-5-12(7-11)25(22,23)21-6-2-3-10(8-21)13-18-9-19-20-13/h1,4-5,7,9-10H,2-3,6,8H2,(H,18,19,20)/t10-/m0/s1. The van der Waals surface area contributed by atoms with Crippen LogP contribution in [0.25, 0.3) is 0 Å². The van der Waals surface area contributed by atoms with Gasteiger partial charge in [-0.2, -0.15) is 9.40 Å². The van der Waals surface area contributed by atoms with Gasteiger partial charge in [0, 0.05) is 25.1 Å². The molecule has 0 radical (unpaired) electrons. The summed E-state index contributed by atoms with van der Waals surface area (Å²) in [6, 6.07) is 4.39. The molecule has 0 spiro atoms. The molecule has 1 N–H and O–H groups in total. The fourth-order valence-electron chi connectivity index (χ4n) is 2.78. The molecule has 1 saturated heterocycles. The number of aromatic nitrogens is 3. The third-order valence-corrected chi connectivity index (χ3v) is 5.74. The first-order valence-corrected chi connectivity index (χ1v) is 8.91. The van der Waals surface area contributed by atoms with Gasteiger partial charge in [0.2, 0.25) is 10.0 Å². The predicted octanol–water partition coefficient (Wildman–Crippen LogP) is 2.27. The zero-order chi connectivity index (χ0) is 18.1. The van der Waals surface area contributed by atoms with E-state index in [1.165, 1.54) is 22.8 Å². The van der Waals surface area contributed by atoms with Crippen molar-refractivity contribution in [2.75, 3.05) is 13.1 Å². The molecule has 1 atom stereocenters. The Bertz CT molecular complexity index is 824. The monoisotopic (exact) mass is 376 g/mol. The Morgan fingerprint density at radius 1 is 1.32 bits per heavy atom. The van der Waals surface area contributed by atoms with Gasteiger partial charge in [0.25, 0.3) is 0 Å². The average Bonchev–Trinajstić information content (AvgIpc) is 3.08. The van der Waals surface area contributed by atoms with Crippen molar-refractivity contribution in [2.45, 2.75) is 30.0 Å². The molecule has 7 nitrogen and oxygen atoms in total. The van der Waals surface area contributed by atoms with E-state index in [9.17, 15) is 21.6 Å². The minimum atomic E-state index is -4.88. The summed E-state index contributed by atoms with van der Waals surface area (Å²) >= 11 is 0. The third kappa shape index (κ3) is 4.10. The van der Waals surface area contributed by atoms with Crippen LogP contribution in [0, 0.1) is 0 Å². The zero-order valence-corrected chi connectivity index (χ0v) is 13.7. The van der Waals surface area contributed by atoms with E-state index in [0.717, 1.165) is 18.6 Å². The van der Waals surface area contributed by atoms with Gasteiger partial charge < -0.3 is 4.74 Å². The van der Waals surface area contributed by atoms with Crippen molar-refractivity contribution in [1.29, 1.82) is 0 Å². The summed E-state index contributed by atoms with van der Waals surface area (Å²) in [4.78, 5) is 3.81. The number of hydrogen-bond acceptors (Lipinski definition) is 5. The highest BCUT2D eigenvalue weighted by molar-refractivity contribution is 7.89. The van der Waals surface area contributed by atoms with Crippen LogP contribution >= 0.6 is 0 Å². The van der Waals surface area contributed by atoms with Crippen molar-refractivity contribution < 1.29 is 26.3 Å². The molecule has 0 amide bonds. The molecule has 11 heteroatoms. The highest BCUT2D eigenvalue weighted by atomic mass is 32.2. The van der Waals surface area contributed by atoms with Gasteiger partial charge in [0.1, 0.15) is 17.9 Å². The fraction of sp³-hybridized carbons (Fsp3) is 0.429. The molecule has 0 unspecified atom stereocenters. The van der Waals surface area contributed by atoms with Crippen LogP contribution in [0.2, 0.25) is 0 Å². The van der Waals surface area contributed by atoms with E-state index < -0.39 is 22.1 Å². The number of nitrogens with one attached hydrogen (secondary N) is 1. The Balaban J connectivity index is 1.82. The summed E-state index contributed by atoms with van der Waals surface area (Å²) in [5, 5.41) is 6.49. The minimum Gasteiger partial charge on any atom is -0.406 e. The van der Waals surface area contributed by atoms with Crippen molar-refractivity contribution in [2.24, 2.45) is 0 Å². The number of aromatic amines is 1. The van der Waals surface area contributed by atoms with E-state index in [1.54, 1.807) is 0 Å². The molecule has 1 aromatic heterocycles. The Morgan fingerprint density at radius 3 is 2.80 bits per heavy atom. The van der Waals surface area contributed by atoms with Crippen LogP contribution in [0.5, 0.6) is 5.75 Å². The van der Waals surface area contributed by atoms with Gasteiger partial charge in [-0.05, 0) is 25.0 Å². The summed E-state index contributed by atoms with van der Waals surface area (Å²) in [6.45, 7) is 0.471. The molecule has 0 bridgehead atoms. The zero-order valence-electron chi connectivity index (χ0n) is 12.9. The highest BCUT2D eigenvalue weighted by Crippen LogP contribution is 2.30. The lowest BCUT2D eigenvalue weighted by atomic mass is 9.99. The number of halogens is 3. The molecule has 2 aromatic rings. The summed E-state index contributed by atoms with van der Waals surface area (Å²) in [5.74, 6) is -0.118. The smallest absolute Gasteiger partial charge is 0.406 e. The Morgan fingerprint density at radius 2 is 2.12 bits per heavy atom. The molecule has 2 heterocycles. The van der Waals surface area contributed by atoms with Crippen LogP contribution in [0.1, 0.15) is 24.6 Å². The van der Waals surface area contributed by atoms with Crippen LogP contribution in [-0.2, 0) is 10.0 Å². The number of ether oxygens (including phenoxy) is 1. The second-order valence-corrected chi connectivity index (χ2v) is 7.53. The number of rotatable bonds is 4. The lowest BCUT2D eigenvalue weighted by molar-refractivity contribution is -0.274. The topological polar surface area (TPSA) is 88.2 Å². The first-order valence-electron chi connectivity index (χ1n) is 7.47. The van der Waals surface area contributed by atoms with E-state index in [0.29, 0.717) is 12.2 Å². The second-order valence-electron chi connectivity index (χ2n) is 5.60. The van der Waals surface area contributed by atoms with Crippen molar-refractivity contribution in [3.8, 4) is 5.75 Å². The van der Waals surface area contributed by atoms with Gasteiger partial charge >= 0.3 is 6.36 Å².